The Kier molecular flexibility index (Phi) is 2.19. The predicted octanol–water partition coefficient (Wildman–Crippen LogP) is -1.02. The Morgan fingerprint density at radius 1 is 1.50 bits per heavy atom. The van der Waals surface area contributed by atoms with E-state index in [4.69, 9.17) is 4.11 Å². The number of amides is 1. The van der Waals surface area contributed by atoms with E-state index in [0.29, 0.717) is 32.7 Å². The number of piperazine rings is 1. The van der Waals surface area contributed by atoms with Gasteiger partial charge in [-0.1, -0.05) is 0 Å². The summed E-state index contributed by atoms with van der Waals surface area (Å²) in [7, 11) is 1.60. The molecule has 0 radical (unpaired) electrons. The Hall–Kier alpha value is -0.610. The first kappa shape index (κ1) is 5.94. The van der Waals surface area contributed by atoms with Crippen LogP contribution in [0.25, 0.3) is 0 Å². The van der Waals surface area contributed by atoms with Crippen LogP contribution in [0.1, 0.15) is 4.11 Å². The Balaban J connectivity index is 2.33. The minimum absolute atomic E-state index is 0.0302. The summed E-state index contributed by atoms with van der Waals surface area (Å²) >= 11 is 0. The smallest absolute Gasteiger partial charge is 0.233 e. The Morgan fingerprint density at radius 2 is 2.17 bits per heavy atom. The lowest BCUT2D eigenvalue weighted by Crippen LogP contribution is -2.47. The van der Waals surface area contributed by atoms with Gasteiger partial charge in [-0.15, -0.1) is 0 Å². The van der Waals surface area contributed by atoms with Gasteiger partial charge in [0.15, 0.2) is 0 Å². The molecule has 1 heterocycles. The van der Waals surface area contributed by atoms with Crippen LogP contribution in [0, 0.1) is 0 Å². The third-order valence-electron chi connectivity index (χ3n) is 2.02. The van der Waals surface area contributed by atoms with E-state index in [1.165, 1.54) is 4.90 Å². The van der Waals surface area contributed by atoms with Crippen molar-refractivity contribution in [3.8, 4) is 0 Å². The SMILES string of the molecule is [2H]C([2H])([2H])N1CCN(CC(=O)NC)CC1. The summed E-state index contributed by atoms with van der Waals surface area (Å²) in [4.78, 5) is 14.5. The molecule has 0 bridgehead atoms. The van der Waals surface area contributed by atoms with Crippen molar-refractivity contribution in [1.82, 2.24) is 15.1 Å². The quantitative estimate of drug-likeness (QED) is 0.582. The number of hydrogen-bond donors (Lipinski definition) is 1. The lowest BCUT2D eigenvalue weighted by Gasteiger charge is -2.31. The molecule has 4 nitrogen and oxygen atoms in total. The number of hydrogen-bond acceptors (Lipinski definition) is 3. The number of nitrogens with one attached hydrogen (secondary N) is 1. The van der Waals surface area contributed by atoms with Crippen molar-refractivity contribution < 1.29 is 8.91 Å². The van der Waals surface area contributed by atoms with Gasteiger partial charge in [-0.25, -0.2) is 0 Å². The van der Waals surface area contributed by atoms with Gasteiger partial charge in [0.1, 0.15) is 0 Å². The van der Waals surface area contributed by atoms with Gasteiger partial charge < -0.3 is 10.2 Å². The standard InChI is InChI=1S/C8H17N3O/c1-9-8(12)7-11-5-3-10(2)4-6-11/h3-7H2,1-2H3,(H,9,12)/i2D3. The summed E-state index contributed by atoms with van der Waals surface area (Å²) < 4.78 is 21.7. The van der Waals surface area contributed by atoms with Crippen molar-refractivity contribution >= 4 is 5.91 Å². The molecule has 0 aromatic rings. The van der Waals surface area contributed by atoms with Crippen LogP contribution in [0.5, 0.6) is 0 Å². The molecule has 0 saturated carbocycles. The fourth-order valence-corrected chi connectivity index (χ4v) is 1.19. The Morgan fingerprint density at radius 3 is 2.67 bits per heavy atom. The molecule has 0 aromatic heterocycles. The molecule has 1 amide bonds. The number of rotatable bonds is 2. The zero-order chi connectivity index (χ0) is 11.5. The van der Waals surface area contributed by atoms with E-state index >= 15 is 0 Å². The third kappa shape index (κ3) is 2.79. The molecule has 1 saturated heterocycles. The van der Waals surface area contributed by atoms with E-state index in [0.717, 1.165) is 0 Å². The Bertz CT molecular complexity index is 224. The minimum atomic E-state index is -2.00. The number of likely N-dealkylation sites (N-methyl/N-ethyl adjacent to an activating group) is 2. The number of carbonyl (C=O) groups excluding carboxylic acids is 1. The van der Waals surface area contributed by atoms with Crippen LogP contribution < -0.4 is 5.32 Å². The van der Waals surface area contributed by atoms with E-state index in [9.17, 15) is 4.79 Å². The first-order valence-corrected chi connectivity index (χ1v) is 4.11. The predicted molar refractivity (Wildman–Crippen MR) is 48.0 cm³/mol. The Labute approximate surface area is 77.7 Å². The van der Waals surface area contributed by atoms with Crippen molar-refractivity contribution in [2.24, 2.45) is 0 Å². The molecular weight excluding hydrogens is 154 g/mol. The van der Waals surface area contributed by atoms with E-state index in [1.54, 1.807) is 7.05 Å². The zero-order valence-corrected chi connectivity index (χ0v) is 7.34. The van der Waals surface area contributed by atoms with Crippen LogP contribution in [0.3, 0.4) is 0 Å². The van der Waals surface area contributed by atoms with Crippen LogP contribution in [0.15, 0.2) is 0 Å². The fourth-order valence-electron chi connectivity index (χ4n) is 1.19. The third-order valence-corrected chi connectivity index (χ3v) is 2.02. The second-order valence-corrected chi connectivity index (χ2v) is 2.94. The summed E-state index contributed by atoms with van der Waals surface area (Å²) in [6.07, 6.45) is 0. The van der Waals surface area contributed by atoms with E-state index < -0.39 is 6.98 Å². The van der Waals surface area contributed by atoms with E-state index in [-0.39, 0.29) is 5.91 Å². The van der Waals surface area contributed by atoms with Crippen molar-refractivity contribution in [3.05, 3.63) is 0 Å². The molecule has 1 rings (SSSR count). The molecule has 1 fully saturated rings. The molecule has 1 aliphatic heterocycles. The average molecular weight is 174 g/mol. The lowest BCUT2D eigenvalue weighted by atomic mass is 10.3. The lowest BCUT2D eigenvalue weighted by molar-refractivity contribution is -0.122. The summed E-state index contributed by atoms with van der Waals surface area (Å²) in [5, 5.41) is 2.55. The van der Waals surface area contributed by atoms with Crippen molar-refractivity contribution in [3.63, 3.8) is 0 Å². The van der Waals surface area contributed by atoms with Gasteiger partial charge in [-0.3, -0.25) is 9.69 Å². The second-order valence-electron chi connectivity index (χ2n) is 2.94. The van der Waals surface area contributed by atoms with Gasteiger partial charge in [0.05, 0.1) is 6.54 Å². The molecule has 70 valence electrons. The molecule has 0 aromatic carbocycles. The average Bonchev–Trinajstić information content (AvgIpc) is 2.17. The monoisotopic (exact) mass is 174 g/mol. The number of nitrogens with zero attached hydrogens (tertiary/aromatic N) is 2. The number of carbonyl (C=O) groups is 1. The van der Waals surface area contributed by atoms with Crippen LogP contribution in [-0.4, -0.2) is 62.5 Å². The van der Waals surface area contributed by atoms with Crippen LogP contribution in [0.2, 0.25) is 0 Å². The maximum absolute atomic E-state index is 11.1. The summed E-state index contributed by atoms with van der Waals surface area (Å²) in [5.41, 5.74) is 0. The highest BCUT2D eigenvalue weighted by atomic mass is 16.1. The summed E-state index contributed by atoms with van der Waals surface area (Å²) in [5.74, 6) is -0.0302. The van der Waals surface area contributed by atoms with Crippen molar-refractivity contribution in [1.29, 1.82) is 0 Å². The molecule has 0 unspecified atom stereocenters. The van der Waals surface area contributed by atoms with Crippen LogP contribution in [0.4, 0.5) is 0 Å². The molecule has 1 aliphatic rings. The highest BCUT2D eigenvalue weighted by Gasteiger charge is 2.15. The minimum Gasteiger partial charge on any atom is -0.358 e. The molecule has 0 spiro atoms. The highest BCUT2D eigenvalue weighted by Crippen LogP contribution is 1.97. The maximum Gasteiger partial charge on any atom is 0.233 e. The van der Waals surface area contributed by atoms with Gasteiger partial charge in [0, 0.05) is 37.3 Å². The van der Waals surface area contributed by atoms with Gasteiger partial charge >= 0.3 is 0 Å². The van der Waals surface area contributed by atoms with E-state index in [1.807, 2.05) is 4.90 Å². The highest BCUT2D eigenvalue weighted by molar-refractivity contribution is 5.77. The van der Waals surface area contributed by atoms with Crippen molar-refractivity contribution in [2.75, 3.05) is 46.7 Å². The molecule has 0 aliphatic carbocycles. The van der Waals surface area contributed by atoms with E-state index in [2.05, 4.69) is 5.32 Å². The topological polar surface area (TPSA) is 35.6 Å². The first-order valence-electron chi connectivity index (χ1n) is 5.61. The molecular formula is C8H17N3O. The molecule has 0 atom stereocenters. The molecule has 1 N–H and O–H groups in total. The summed E-state index contributed by atoms with van der Waals surface area (Å²) in [6.45, 7) is 0.600. The van der Waals surface area contributed by atoms with Gasteiger partial charge in [-0.2, -0.15) is 0 Å². The van der Waals surface area contributed by atoms with Crippen LogP contribution in [-0.2, 0) is 4.79 Å². The van der Waals surface area contributed by atoms with Gasteiger partial charge in [0.2, 0.25) is 5.91 Å². The normalized spacial score (nSPS) is 25.6. The van der Waals surface area contributed by atoms with Gasteiger partial charge in [0.25, 0.3) is 0 Å². The maximum atomic E-state index is 11.1. The molecule has 4 heteroatoms. The van der Waals surface area contributed by atoms with Crippen molar-refractivity contribution in [2.45, 2.75) is 0 Å². The summed E-state index contributed by atoms with van der Waals surface area (Å²) in [6, 6.07) is 0. The van der Waals surface area contributed by atoms with Gasteiger partial charge in [-0.05, 0) is 6.98 Å². The second kappa shape index (κ2) is 4.42. The largest absolute Gasteiger partial charge is 0.358 e. The van der Waals surface area contributed by atoms with Crippen LogP contribution >= 0.6 is 0 Å². The zero-order valence-electron chi connectivity index (χ0n) is 10.3. The fraction of sp³-hybridized carbons (Fsp3) is 0.875. The molecule has 12 heavy (non-hydrogen) atoms. The first-order chi connectivity index (χ1) is 6.93.